The molecule has 1 atom stereocenters. The fourth-order valence-electron chi connectivity index (χ4n) is 6.66. The van der Waals surface area contributed by atoms with Gasteiger partial charge in [-0.15, -0.1) is 10.2 Å². The number of aromatic nitrogens is 4. The number of amides is 1. The van der Waals surface area contributed by atoms with Gasteiger partial charge in [0.1, 0.15) is 17.8 Å². The number of ether oxygens (including phenoxy) is 1. The minimum atomic E-state index is -0.336. The van der Waals surface area contributed by atoms with Crippen molar-refractivity contribution in [2.45, 2.75) is 69.4 Å². The first kappa shape index (κ1) is 27.4. The second-order valence-electron chi connectivity index (χ2n) is 12.4. The second-order valence-corrected chi connectivity index (χ2v) is 12.4. The molecule has 0 unspecified atom stereocenters. The van der Waals surface area contributed by atoms with Crippen molar-refractivity contribution in [2.24, 2.45) is 13.0 Å². The summed E-state index contributed by atoms with van der Waals surface area (Å²) >= 11 is 0. The first-order valence-corrected chi connectivity index (χ1v) is 14.5. The molecule has 0 bridgehead atoms. The summed E-state index contributed by atoms with van der Waals surface area (Å²) in [6.07, 6.45) is 6.32. The fourth-order valence-corrected chi connectivity index (χ4v) is 6.66. The van der Waals surface area contributed by atoms with Crippen LogP contribution >= 0.6 is 0 Å². The molecule has 1 aromatic carbocycles. The van der Waals surface area contributed by atoms with Gasteiger partial charge >= 0.3 is 0 Å². The Hall–Kier alpha value is -3.81. The summed E-state index contributed by atoms with van der Waals surface area (Å²) in [7, 11) is 1.95. The third-order valence-electron chi connectivity index (χ3n) is 8.86. The van der Waals surface area contributed by atoms with Gasteiger partial charge in [0.2, 0.25) is 0 Å². The van der Waals surface area contributed by atoms with Crippen LogP contribution in [-0.2, 0) is 29.2 Å². The highest BCUT2D eigenvalue weighted by Gasteiger charge is 2.49. The number of hydrogen-bond donors (Lipinski definition) is 3. The van der Waals surface area contributed by atoms with Crippen LogP contribution in [0.25, 0.3) is 0 Å². The Bertz CT molecular complexity index is 1480. The molecule has 6 rings (SSSR count). The molecule has 2 fully saturated rings. The summed E-state index contributed by atoms with van der Waals surface area (Å²) in [6.45, 7) is 7.33. The van der Waals surface area contributed by atoms with Gasteiger partial charge in [0, 0.05) is 50.8 Å². The lowest BCUT2D eigenvalue weighted by molar-refractivity contribution is 0.102. The van der Waals surface area contributed by atoms with E-state index in [0.717, 1.165) is 73.7 Å². The van der Waals surface area contributed by atoms with Gasteiger partial charge < -0.3 is 25.3 Å². The fraction of sp³-hybridized carbons (Fsp3) is 0.516. The maximum absolute atomic E-state index is 13.6. The molecule has 10 nitrogen and oxygen atoms in total. The maximum Gasteiger partial charge on any atom is 0.274 e. The van der Waals surface area contributed by atoms with Crippen LogP contribution < -0.4 is 16.0 Å². The number of anilines is 2. The third-order valence-corrected chi connectivity index (χ3v) is 8.86. The van der Waals surface area contributed by atoms with Crippen LogP contribution in [0.3, 0.4) is 0 Å². The zero-order chi connectivity index (χ0) is 28.6. The van der Waals surface area contributed by atoms with Crippen LogP contribution in [0.1, 0.15) is 79.1 Å². The number of carbonyl (C=O) groups excluding carboxylic acids is 1. The lowest BCUT2D eigenvalue weighted by Crippen LogP contribution is -2.44. The molecule has 41 heavy (non-hydrogen) atoms. The number of aryl methyl sites for hydroxylation is 1. The Morgan fingerprint density at radius 3 is 2.88 bits per heavy atom. The summed E-state index contributed by atoms with van der Waals surface area (Å²) in [4.78, 5) is 18.5. The summed E-state index contributed by atoms with van der Waals surface area (Å²) < 4.78 is 7.71. The Labute approximate surface area is 240 Å². The molecule has 4 heterocycles. The second kappa shape index (κ2) is 10.9. The molecule has 3 aromatic rings. The van der Waals surface area contributed by atoms with Gasteiger partial charge in [-0.3, -0.25) is 4.79 Å². The Morgan fingerprint density at radius 2 is 2.15 bits per heavy atom. The van der Waals surface area contributed by atoms with Crippen LogP contribution in [0.2, 0.25) is 0 Å². The van der Waals surface area contributed by atoms with E-state index in [1.807, 2.05) is 35.9 Å². The molecule has 2 aromatic heterocycles. The van der Waals surface area contributed by atoms with Crippen molar-refractivity contribution >= 4 is 17.3 Å². The first-order valence-electron chi connectivity index (χ1n) is 14.5. The molecule has 0 spiro atoms. The standard InChI is InChI=1S/C31H38N8O2/c1-30(2)18-34-26-21(16-33-17-24-8-5-11-41-24)12-25(37-27(26)30)28(40)36-23-7-4-6-22(13-23)31(14-20(15-31)9-10-32)29-38-35-19-39(29)3/h4,6-7,12-13,19-20,24,33-34H,5,8-9,11,14-18H2,1-3H3,(H,36,40)/t20-,24-,31+/m0/s1. The van der Waals surface area contributed by atoms with Crippen LogP contribution in [0.4, 0.5) is 11.4 Å². The number of nitriles is 1. The predicted octanol–water partition coefficient (Wildman–Crippen LogP) is 4.04. The minimum absolute atomic E-state index is 0.179. The quantitative estimate of drug-likeness (QED) is 0.361. The van der Waals surface area contributed by atoms with Crippen LogP contribution in [0.15, 0.2) is 36.7 Å². The summed E-state index contributed by atoms with van der Waals surface area (Å²) in [5.74, 6) is 0.955. The van der Waals surface area contributed by atoms with E-state index in [2.05, 4.69) is 52.1 Å². The average Bonchev–Trinajstić information content (AvgIpc) is 3.67. The van der Waals surface area contributed by atoms with Crippen LogP contribution in [0.5, 0.6) is 0 Å². The van der Waals surface area contributed by atoms with Gasteiger partial charge in [-0.2, -0.15) is 5.26 Å². The van der Waals surface area contributed by atoms with Crippen molar-refractivity contribution in [2.75, 3.05) is 30.3 Å². The summed E-state index contributed by atoms with van der Waals surface area (Å²) in [6, 6.07) is 12.2. The molecule has 10 heteroatoms. The number of nitrogens with one attached hydrogen (secondary N) is 3. The molecule has 3 N–H and O–H groups in total. The molecular weight excluding hydrogens is 516 g/mol. The molecule has 1 amide bonds. The van der Waals surface area contributed by atoms with E-state index < -0.39 is 0 Å². The number of fused-ring (bicyclic) bond motifs is 1. The van der Waals surface area contributed by atoms with Crippen molar-refractivity contribution < 1.29 is 9.53 Å². The lowest BCUT2D eigenvalue weighted by Gasteiger charge is -2.46. The molecule has 1 saturated heterocycles. The van der Waals surface area contributed by atoms with E-state index >= 15 is 0 Å². The van der Waals surface area contributed by atoms with E-state index in [4.69, 9.17) is 9.72 Å². The average molecular weight is 555 g/mol. The van der Waals surface area contributed by atoms with E-state index in [-0.39, 0.29) is 22.8 Å². The zero-order valence-electron chi connectivity index (χ0n) is 24.0. The summed E-state index contributed by atoms with van der Waals surface area (Å²) in [5.41, 5.74) is 4.64. The van der Waals surface area contributed by atoms with Gasteiger partial charge in [0.25, 0.3) is 5.91 Å². The van der Waals surface area contributed by atoms with E-state index in [9.17, 15) is 10.1 Å². The largest absolute Gasteiger partial charge is 0.382 e. The molecular formula is C31H38N8O2. The van der Waals surface area contributed by atoms with Gasteiger partial charge in [0.05, 0.1) is 29.0 Å². The Balaban J connectivity index is 1.24. The zero-order valence-corrected chi connectivity index (χ0v) is 24.0. The number of benzene rings is 1. The Morgan fingerprint density at radius 1 is 1.29 bits per heavy atom. The van der Waals surface area contributed by atoms with Gasteiger partial charge in [-0.25, -0.2) is 4.98 Å². The number of nitrogens with zero attached hydrogens (tertiary/aromatic N) is 5. The first-order chi connectivity index (χ1) is 19.8. The number of carbonyl (C=O) groups is 1. The van der Waals surface area contributed by atoms with Crippen LogP contribution in [-0.4, -0.2) is 51.5 Å². The van der Waals surface area contributed by atoms with Crippen molar-refractivity contribution in [3.8, 4) is 6.07 Å². The monoisotopic (exact) mass is 554 g/mol. The van der Waals surface area contributed by atoms with E-state index in [1.165, 1.54) is 0 Å². The maximum atomic E-state index is 13.6. The topological polar surface area (TPSA) is 130 Å². The van der Waals surface area contributed by atoms with Crippen LogP contribution in [0, 0.1) is 17.2 Å². The van der Waals surface area contributed by atoms with Crippen molar-refractivity contribution in [1.29, 1.82) is 5.26 Å². The van der Waals surface area contributed by atoms with Crippen molar-refractivity contribution in [1.82, 2.24) is 25.1 Å². The summed E-state index contributed by atoms with van der Waals surface area (Å²) in [5, 5.41) is 27.9. The van der Waals surface area contributed by atoms with Gasteiger partial charge in [-0.1, -0.05) is 26.0 Å². The number of hydrogen-bond acceptors (Lipinski definition) is 8. The molecule has 214 valence electrons. The Kier molecular flexibility index (Phi) is 7.26. The highest BCUT2D eigenvalue weighted by molar-refractivity contribution is 6.03. The van der Waals surface area contributed by atoms with E-state index in [1.54, 1.807) is 6.33 Å². The molecule has 0 radical (unpaired) electrons. The highest BCUT2D eigenvalue weighted by Crippen LogP contribution is 2.53. The molecule has 1 aliphatic carbocycles. The van der Waals surface area contributed by atoms with Gasteiger partial charge in [-0.05, 0) is 60.9 Å². The van der Waals surface area contributed by atoms with Crippen molar-refractivity contribution in [3.63, 3.8) is 0 Å². The highest BCUT2D eigenvalue weighted by atomic mass is 16.5. The van der Waals surface area contributed by atoms with Crippen molar-refractivity contribution in [3.05, 3.63) is 65.0 Å². The minimum Gasteiger partial charge on any atom is -0.382 e. The molecule has 3 aliphatic rings. The smallest absolute Gasteiger partial charge is 0.274 e. The normalized spacial score (nSPS) is 24.2. The van der Waals surface area contributed by atoms with E-state index in [0.29, 0.717) is 30.3 Å². The number of rotatable bonds is 9. The van der Waals surface area contributed by atoms with Gasteiger partial charge in [0.15, 0.2) is 0 Å². The molecule has 1 saturated carbocycles. The third kappa shape index (κ3) is 5.20. The predicted molar refractivity (Wildman–Crippen MR) is 156 cm³/mol. The SMILES string of the molecule is Cn1cnnc1[C@]1(c2cccc(NC(=O)c3cc(CNC[C@@H]4CCCO4)c4c(n3)C(C)(C)CN4)c2)C[C@H](CC#N)C1. The number of pyridine rings is 1. The lowest BCUT2D eigenvalue weighted by atomic mass is 9.57. The molecule has 2 aliphatic heterocycles.